The summed E-state index contributed by atoms with van der Waals surface area (Å²) >= 11 is 0. The molecule has 0 spiro atoms. The standard InChI is InChI=1S/C46H48N2/c1-46(2)42-28-37(26-27-38(42)40-30-45-41(29-43(40)46)39-16-10-11-17-44(39)47(45)3)48(35-22-18-33(19-23-35)31-12-6-4-7-13-31)36-24-20-34(21-25-36)32-14-8-5-9-15-32/h10-11,16-32H,4-9,12-15H2,1-3H3. The molecule has 2 saturated carbocycles. The normalized spacial score (nSPS) is 17.9. The highest BCUT2D eigenvalue weighted by Crippen LogP contribution is 2.52. The second-order valence-electron chi connectivity index (χ2n) is 15.5. The van der Waals surface area contributed by atoms with Gasteiger partial charge in [0, 0.05) is 51.3 Å². The van der Waals surface area contributed by atoms with Crippen molar-refractivity contribution >= 4 is 38.9 Å². The first-order chi connectivity index (χ1) is 23.5. The van der Waals surface area contributed by atoms with Crippen LogP contribution in [0.1, 0.15) is 112 Å². The molecule has 0 unspecified atom stereocenters. The molecule has 0 radical (unpaired) electrons. The van der Waals surface area contributed by atoms with Gasteiger partial charge in [-0.25, -0.2) is 0 Å². The minimum Gasteiger partial charge on any atom is -0.344 e. The Kier molecular flexibility index (Phi) is 7.26. The third-order valence-corrected chi connectivity index (χ3v) is 12.4. The number of aromatic nitrogens is 1. The molecule has 6 aromatic rings. The summed E-state index contributed by atoms with van der Waals surface area (Å²) in [7, 11) is 2.21. The summed E-state index contributed by atoms with van der Waals surface area (Å²) in [6.45, 7) is 4.83. The van der Waals surface area contributed by atoms with E-state index in [1.807, 2.05) is 0 Å². The van der Waals surface area contributed by atoms with Gasteiger partial charge in [0.05, 0.1) is 0 Å². The van der Waals surface area contributed by atoms with E-state index in [9.17, 15) is 0 Å². The molecule has 48 heavy (non-hydrogen) atoms. The maximum atomic E-state index is 2.50. The first kappa shape index (κ1) is 29.8. The van der Waals surface area contributed by atoms with Crippen LogP contribution in [0.4, 0.5) is 17.1 Å². The van der Waals surface area contributed by atoms with Crippen LogP contribution >= 0.6 is 0 Å². The molecule has 2 nitrogen and oxygen atoms in total. The average Bonchev–Trinajstić information content (AvgIpc) is 3.55. The highest BCUT2D eigenvalue weighted by molar-refractivity contribution is 6.10. The maximum absolute atomic E-state index is 2.50. The fraction of sp³-hybridized carbons (Fsp3) is 0.348. The summed E-state index contributed by atoms with van der Waals surface area (Å²) in [4.78, 5) is 2.50. The highest BCUT2D eigenvalue weighted by Gasteiger charge is 2.37. The Labute approximate surface area is 286 Å². The summed E-state index contributed by atoms with van der Waals surface area (Å²) in [5, 5.41) is 2.69. The summed E-state index contributed by atoms with van der Waals surface area (Å²) in [5.74, 6) is 1.42. The number of para-hydroxylation sites is 1. The minimum absolute atomic E-state index is 0.104. The molecular weight excluding hydrogens is 581 g/mol. The molecule has 1 aromatic heterocycles. The second-order valence-corrected chi connectivity index (χ2v) is 15.5. The van der Waals surface area contributed by atoms with Gasteiger partial charge in [0.1, 0.15) is 0 Å². The predicted octanol–water partition coefficient (Wildman–Crippen LogP) is 13.2. The van der Waals surface area contributed by atoms with E-state index in [0.717, 1.165) is 0 Å². The molecule has 9 rings (SSSR count). The number of hydrogen-bond acceptors (Lipinski definition) is 1. The van der Waals surface area contributed by atoms with Crippen molar-refractivity contribution in [2.45, 2.75) is 95.3 Å². The Bertz CT molecular complexity index is 2060. The van der Waals surface area contributed by atoms with Gasteiger partial charge in [0.15, 0.2) is 0 Å². The van der Waals surface area contributed by atoms with Gasteiger partial charge in [0.25, 0.3) is 0 Å². The van der Waals surface area contributed by atoms with E-state index in [0.29, 0.717) is 11.8 Å². The summed E-state index contributed by atoms with van der Waals surface area (Å²) < 4.78 is 2.36. The van der Waals surface area contributed by atoms with Crippen LogP contribution in [0.15, 0.2) is 103 Å². The van der Waals surface area contributed by atoms with Crippen LogP contribution in [0.3, 0.4) is 0 Å². The van der Waals surface area contributed by atoms with Crippen molar-refractivity contribution in [3.8, 4) is 11.1 Å². The molecule has 3 aliphatic rings. The first-order valence-electron chi connectivity index (χ1n) is 18.6. The van der Waals surface area contributed by atoms with Crippen molar-refractivity contribution in [1.82, 2.24) is 4.57 Å². The van der Waals surface area contributed by atoms with E-state index in [2.05, 4.69) is 133 Å². The van der Waals surface area contributed by atoms with E-state index in [1.165, 1.54) is 136 Å². The number of rotatable bonds is 5. The van der Waals surface area contributed by atoms with E-state index < -0.39 is 0 Å². The monoisotopic (exact) mass is 628 g/mol. The molecule has 242 valence electrons. The Morgan fingerprint density at radius 3 is 1.67 bits per heavy atom. The largest absolute Gasteiger partial charge is 0.344 e. The summed E-state index contributed by atoms with van der Waals surface area (Å²) in [6.07, 6.45) is 13.6. The van der Waals surface area contributed by atoms with Crippen molar-refractivity contribution < 1.29 is 0 Å². The molecule has 0 N–H and O–H groups in total. The lowest BCUT2D eigenvalue weighted by molar-refractivity contribution is 0.443. The quantitative estimate of drug-likeness (QED) is 0.184. The molecular formula is C46H48N2. The van der Waals surface area contributed by atoms with Gasteiger partial charge in [-0.3, -0.25) is 0 Å². The molecule has 0 bridgehead atoms. The molecule has 0 atom stereocenters. The van der Waals surface area contributed by atoms with Crippen LogP contribution in [-0.4, -0.2) is 4.57 Å². The summed E-state index contributed by atoms with van der Waals surface area (Å²) in [6, 6.07) is 40.2. The van der Waals surface area contributed by atoms with Crippen LogP contribution < -0.4 is 4.90 Å². The molecule has 1 heterocycles. The van der Waals surface area contributed by atoms with E-state index in [1.54, 1.807) is 0 Å². The number of anilines is 3. The topological polar surface area (TPSA) is 8.17 Å². The number of aryl methyl sites for hydroxylation is 1. The fourth-order valence-corrected chi connectivity index (χ4v) is 9.62. The zero-order valence-electron chi connectivity index (χ0n) is 28.9. The zero-order chi connectivity index (χ0) is 32.4. The molecule has 2 fully saturated rings. The second kappa shape index (κ2) is 11.7. The van der Waals surface area contributed by atoms with Gasteiger partial charge in [0.2, 0.25) is 0 Å². The van der Waals surface area contributed by atoms with Crippen LogP contribution in [0.5, 0.6) is 0 Å². The molecule has 2 heteroatoms. The van der Waals surface area contributed by atoms with Crippen LogP contribution in [0.2, 0.25) is 0 Å². The Hall–Kier alpha value is -4.30. The van der Waals surface area contributed by atoms with Gasteiger partial charge in [-0.05, 0) is 125 Å². The van der Waals surface area contributed by atoms with Crippen molar-refractivity contribution in [3.05, 3.63) is 125 Å². The van der Waals surface area contributed by atoms with Gasteiger partial charge in [-0.2, -0.15) is 0 Å². The van der Waals surface area contributed by atoms with Crippen molar-refractivity contribution in [1.29, 1.82) is 0 Å². The van der Waals surface area contributed by atoms with Gasteiger partial charge >= 0.3 is 0 Å². The molecule has 0 aliphatic heterocycles. The molecule has 0 amide bonds. The van der Waals surface area contributed by atoms with E-state index in [-0.39, 0.29) is 5.41 Å². The van der Waals surface area contributed by atoms with Crippen molar-refractivity contribution in [2.75, 3.05) is 4.90 Å². The number of hydrogen-bond donors (Lipinski definition) is 0. The smallest absolute Gasteiger partial charge is 0.0495 e. The van der Waals surface area contributed by atoms with Crippen LogP contribution in [0.25, 0.3) is 32.9 Å². The van der Waals surface area contributed by atoms with E-state index in [4.69, 9.17) is 0 Å². The van der Waals surface area contributed by atoms with Gasteiger partial charge < -0.3 is 9.47 Å². The lowest BCUT2D eigenvalue weighted by Gasteiger charge is -2.29. The van der Waals surface area contributed by atoms with Gasteiger partial charge in [-0.15, -0.1) is 0 Å². The van der Waals surface area contributed by atoms with Crippen molar-refractivity contribution in [3.63, 3.8) is 0 Å². The maximum Gasteiger partial charge on any atom is 0.0495 e. The average molecular weight is 629 g/mol. The third-order valence-electron chi connectivity index (χ3n) is 12.4. The highest BCUT2D eigenvalue weighted by atomic mass is 15.1. The number of benzene rings is 5. The SMILES string of the molecule is Cn1c2ccccc2c2cc3c(cc21)-c1ccc(N(c2ccc(C4CCCCC4)cc2)c2ccc(C4CCCCC4)cc2)cc1C3(C)C. The lowest BCUT2D eigenvalue weighted by Crippen LogP contribution is -2.16. The van der Waals surface area contributed by atoms with E-state index >= 15 is 0 Å². The summed E-state index contributed by atoms with van der Waals surface area (Å²) in [5.41, 5.74) is 14.8. The number of fused-ring (bicyclic) bond motifs is 6. The predicted molar refractivity (Wildman–Crippen MR) is 204 cm³/mol. The Morgan fingerprint density at radius 2 is 1.06 bits per heavy atom. The molecule has 0 saturated heterocycles. The Balaban J connectivity index is 1.14. The van der Waals surface area contributed by atoms with Crippen molar-refractivity contribution in [2.24, 2.45) is 7.05 Å². The van der Waals surface area contributed by atoms with Gasteiger partial charge in [-0.1, -0.05) is 101 Å². The number of nitrogens with zero attached hydrogens (tertiary/aromatic N) is 2. The molecule has 3 aliphatic carbocycles. The fourth-order valence-electron chi connectivity index (χ4n) is 9.62. The lowest BCUT2D eigenvalue weighted by atomic mass is 9.81. The molecule has 5 aromatic carbocycles. The Morgan fingerprint density at radius 1 is 0.521 bits per heavy atom. The first-order valence-corrected chi connectivity index (χ1v) is 18.6. The van der Waals surface area contributed by atoms with Crippen LogP contribution in [-0.2, 0) is 12.5 Å². The zero-order valence-corrected chi connectivity index (χ0v) is 28.9. The minimum atomic E-state index is -0.104. The third kappa shape index (κ3) is 4.82. The van der Waals surface area contributed by atoms with Crippen LogP contribution in [0, 0.1) is 0 Å².